The van der Waals surface area contributed by atoms with Crippen LogP contribution < -0.4 is 10.1 Å². The summed E-state index contributed by atoms with van der Waals surface area (Å²) in [6.07, 6.45) is 1.45. The molecule has 0 spiro atoms. The molecule has 0 atom stereocenters. The number of hydrogen-bond donors (Lipinski definition) is 1. The Balaban J connectivity index is 2.33. The molecule has 6 nitrogen and oxygen atoms in total. The highest BCUT2D eigenvalue weighted by atomic mass is 16.7. The van der Waals surface area contributed by atoms with E-state index in [2.05, 4.69) is 5.32 Å². The van der Waals surface area contributed by atoms with Crippen molar-refractivity contribution in [2.75, 3.05) is 13.7 Å². The van der Waals surface area contributed by atoms with E-state index in [0.29, 0.717) is 0 Å². The Hall–Kier alpha value is -1.99. The van der Waals surface area contributed by atoms with Gasteiger partial charge in [0.15, 0.2) is 0 Å². The summed E-state index contributed by atoms with van der Waals surface area (Å²) >= 11 is 0. The third-order valence-corrected chi connectivity index (χ3v) is 5.12. The van der Waals surface area contributed by atoms with E-state index in [1.807, 2.05) is 79.7 Å². The quantitative estimate of drug-likeness (QED) is 0.731. The number of benzene rings is 1. The summed E-state index contributed by atoms with van der Waals surface area (Å²) in [4.78, 5) is 12.2. The average molecular weight is 403 g/mol. The molecule has 0 radical (unpaired) electrons. The molecule has 1 heterocycles. The molecule has 0 bridgehead atoms. The molecule has 1 fully saturated rings. The van der Waals surface area contributed by atoms with Gasteiger partial charge >= 0.3 is 13.2 Å². The molecule has 160 valence electrons. The van der Waals surface area contributed by atoms with E-state index >= 15 is 0 Å². The number of nitrogens with one attached hydrogen (secondary N) is 1. The fourth-order valence-corrected chi connectivity index (χ4v) is 2.82. The van der Waals surface area contributed by atoms with Gasteiger partial charge in [0.2, 0.25) is 0 Å². The zero-order chi connectivity index (χ0) is 22.0. The molecule has 1 aromatic rings. The molecule has 0 aromatic heterocycles. The van der Waals surface area contributed by atoms with Crippen LogP contribution in [0.5, 0.6) is 5.75 Å². The van der Waals surface area contributed by atoms with Crippen molar-refractivity contribution in [3.05, 3.63) is 34.8 Å². The lowest BCUT2D eigenvalue weighted by Gasteiger charge is -2.32. The molecule has 2 rings (SSSR count). The summed E-state index contributed by atoms with van der Waals surface area (Å²) in [6.45, 7) is 15.7. The van der Waals surface area contributed by atoms with Crippen molar-refractivity contribution >= 4 is 19.3 Å². The lowest BCUT2D eigenvalue weighted by Crippen LogP contribution is -2.41. The predicted molar refractivity (Wildman–Crippen MR) is 116 cm³/mol. The van der Waals surface area contributed by atoms with E-state index in [1.165, 1.54) is 0 Å². The van der Waals surface area contributed by atoms with Gasteiger partial charge in [-0.25, -0.2) is 4.79 Å². The molecule has 7 heteroatoms. The highest BCUT2D eigenvalue weighted by molar-refractivity contribution is 6.56. The van der Waals surface area contributed by atoms with E-state index < -0.39 is 30.0 Å². The number of hydrogen-bond acceptors (Lipinski definition) is 5. The van der Waals surface area contributed by atoms with E-state index in [0.717, 1.165) is 22.3 Å². The second-order valence-corrected chi connectivity index (χ2v) is 9.41. The highest BCUT2D eigenvalue weighted by Crippen LogP contribution is 2.39. The fourth-order valence-electron chi connectivity index (χ4n) is 2.82. The van der Waals surface area contributed by atoms with Gasteiger partial charge in [-0.1, -0.05) is 18.2 Å². The van der Waals surface area contributed by atoms with Gasteiger partial charge in [-0.2, -0.15) is 0 Å². The molecule has 1 N–H and O–H groups in total. The second-order valence-electron chi connectivity index (χ2n) is 9.41. The summed E-state index contributed by atoms with van der Waals surface area (Å²) in [5.41, 5.74) is 1.21. The second kappa shape index (κ2) is 8.40. The van der Waals surface area contributed by atoms with Crippen LogP contribution in [0.1, 0.15) is 59.6 Å². The number of rotatable bonds is 5. The first-order valence-corrected chi connectivity index (χ1v) is 9.92. The predicted octanol–water partition coefficient (Wildman–Crippen LogP) is 4.54. The molecule has 0 saturated carbocycles. The number of carbonyl (C=O) groups excluding carboxylic acids is 1. The molecule has 0 aliphatic carbocycles. The third-order valence-electron chi connectivity index (χ3n) is 5.12. The minimum Gasteiger partial charge on any atom is -0.496 e. The monoisotopic (exact) mass is 403 g/mol. The normalized spacial score (nSPS) is 18.5. The fraction of sp³-hybridized carbons (Fsp3) is 0.591. The Morgan fingerprint density at radius 3 is 2.28 bits per heavy atom. The highest BCUT2D eigenvalue weighted by Gasteiger charge is 2.52. The van der Waals surface area contributed by atoms with Gasteiger partial charge in [-0.3, -0.25) is 0 Å². The number of aryl methyl sites for hydroxylation is 1. The average Bonchev–Trinajstić information content (AvgIpc) is 2.78. The molecule has 0 unspecified atom stereocenters. The maximum atomic E-state index is 12.2. The number of amides is 1. The van der Waals surface area contributed by atoms with Crippen LogP contribution in [-0.2, 0) is 14.0 Å². The van der Waals surface area contributed by atoms with Crippen LogP contribution in [0, 0.1) is 6.92 Å². The maximum Gasteiger partial charge on any atom is 0.492 e. The van der Waals surface area contributed by atoms with Gasteiger partial charge < -0.3 is 24.1 Å². The number of methoxy groups -OCH3 is 1. The lowest BCUT2D eigenvalue weighted by atomic mass is 9.77. The van der Waals surface area contributed by atoms with Crippen molar-refractivity contribution < 1.29 is 23.6 Å². The first kappa shape index (κ1) is 23.3. The van der Waals surface area contributed by atoms with Gasteiger partial charge in [-0.15, -0.1) is 0 Å². The minimum absolute atomic E-state index is 0.225. The van der Waals surface area contributed by atoms with Gasteiger partial charge in [-0.05, 0) is 72.5 Å². The standard InChI is InChI=1S/C22H34BNO5/c1-15-10-11-16(18(12-15)26-9)13-17(14-24-19(25)27-20(2,3)4)23-28-21(5,6)22(7,8)29-23/h10-13H,14H2,1-9H3,(H,24,25). The Morgan fingerprint density at radius 2 is 1.76 bits per heavy atom. The molecule has 1 saturated heterocycles. The van der Waals surface area contributed by atoms with Crippen molar-refractivity contribution in [2.24, 2.45) is 0 Å². The number of ether oxygens (including phenoxy) is 2. The summed E-state index contributed by atoms with van der Waals surface area (Å²) in [6, 6.07) is 5.96. The zero-order valence-electron chi connectivity index (χ0n) is 19.1. The smallest absolute Gasteiger partial charge is 0.492 e. The van der Waals surface area contributed by atoms with E-state index in [9.17, 15) is 4.79 Å². The largest absolute Gasteiger partial charge is 0.496 e. The van der Waals surface area contributed by atoms with E-state index in [1.54, 1.807) is 7.11 Å². The molecule has 29 heavy (non-hydrogen) atoms. The van der Waals surface area contributed by atoms with Crippen LogP contribution in [0.4, 0.5) is 4.79 Å². The van der Waals surface area contributed by atoms with Crippen molar-refractivity contribution in [3.8, 4) is 5.75 Å². The summed E-state index contributed by atoms with van der Waals surface area (Å²) in [5.74, 6) is 0.747. The Labute approximate surface area is 175 Å². The van der Waals surface area contributed by atoms with Crippen LogP contribution in [0.3, 0.4) is 0 Å². The Bertz CT molecular complexity index is 764. The van der Waals surface area contributed by atoms with Crippen LogP contribution in [0.25, 0.3) is 6.08 Å². The van der Waals surface area contributed by atoms with Crippen LogP contribution in [0.2, 0.25) is 0 Å². The summed E-state index contributed by atoms with van der Waals surface area (Å²) < 4.78 is 23.3. The lowest BCUT2D eigenvalue weighted by molar-refractivity contribution is 0.00578. The van der Waals surface area contributed by atoms with Gasteiger partial charge in [0, 0.05) is 12.1 Å². The van der Waals surface area contributed by atoms with E-state index in [-0.39, 0.29) is 6.54 Å². The molecular weight excluding hydrogens is 369 g/mol. The zero-order valence-corrected chi connectivity index (χ0v) is 19.1. The number of carbonyl (C=O) groups is 1. The molecular formula is C22H34BNO5. The molecule has 1 aliphatic heterocycles. The maximum absolute atomic E-state index is 12.2. The summed E-state index contributed by atoms with van der Waals surface area (Å²) in [7, 11) is 1.04. The van der Waals surface area contributed by atoms with Crippen molar-refractivity contribution in [1.82, 2.24) is 5.32 Å². The topological polar surface area (TPSA) is 66.0 Å². The first-order valence-electron chi connectivity index (χ1n) is 9.92. The first-order chi connectivity index (χ1) is 13.2. The Morgan fingerprint density at radius 1 is 1.17 bits per heavy atom. The van der Waals surface area contributed by atoms with Gasteiger partial charge in [0.25, 0.3) is 0 Å². The SMILES string of the molecule is COc1cc(C)ccc1C=C(CNC(=O)OC(C)(C)C)B1OC(C)(C)C(C)(C)O1. The molecule has 1 aliphatic rings. The van der Waals surface area contributed by atoms with Crippen molar-refractivity contribution in [2.45, 2.75) is 72.2 Å². The van der Waals surface area contributed by atoms with Crippen LogP contribution >= 0.6 is 0 Å². The number of alkyl carbamates (subject to hydrolysis) is 1. The van der Waals surface area contributed by atoms with Crippen LogP contribution in [0.15, 0.2) is 23.7 Å². The molecule has 1 amide bonds. The van der Waals surface area contributed by atoms with E-state index in [4.69, 9.17) is 18.8 Å². The van der Waals surface area contributed by atoms with Crippen LogP contribution in [-0.4, -0.2) is 43.7 Å². The van der Waals surface area contributed by atoms with Crippen molar-refractivity contribution in [1.29, 1.82) is 0 Å². The summed E-state index contributed by atoms with van der Waals surface area (Å²) in [5, 5.41) is 2.81. The molecule has 1 aromatic carbocycles. The Kier molecular flexibility index (Phi) is 6.75. The minimum atomic E-state index is -0.596. The van der Waals surface area contributed by atoms with Gasteiger partial charge in [0.05, 0.1) is 18.3 Å². The third kappa shape index (κ3) is 6.00. The van der Waals surface area contributed by atoms with Crippen molar-refractivity contribution in [3.63, 3.8) is 0 Å². The van der Waals surface area contributed by atoms with Gasteiger partial charge in [0.1, 0.15) is 11.4 Å².